The lowest BCUT2D eigenvalue weighted by Crippen LogP contribution is -2.51. The second-order valence-corrected chi connectivity index (χ2v) is 10.1. The molecule has 1 fully saturated rings. The number of imide groups is 1. The van der Waals surface area contributed by atoms with Crippen LogP contribution in [0.4, 0.5) is 4.79 Å². The van der Waals surface area contributed by atoms with Crippen molar-refractivity contribution in [1.29, 1.82) is 0 Å². The number of nitrogens with zero attached hydrogens (tertiary/aromatic N) is 3. The van der Waals surface area contributed by atoms with Crippen LogP contribution in [-0.2, 0) is 11.3 Å². The average molecular weight is 496 g/mol. The molecule has 1 atom stereocenters. The van der Waals surface area contributed by atoms with Gasteiger partial charge in [-0.05, 0) is 50.6 Å². The Bertz CT molecular complexity index is 1070. The van der Waals surface area contributed by atoms with Gasteiger partial charge < -0.3 is 19.5 Å². The number of ether oxygens (including phenoxy) is 2. The topological polar surface area (TPSA) is 99.6 Å². The van der Waals surface area contributed by atoms with Gasteiger partial charge in [0, 0.05) is 32.7 Å². The summed E-state index contributed by atoms with van der Waals surface area (Å²) >= 11 is 0. The van der Waals surface area contributed by atoms with Gasteiger partial charge >= 0.3 is 6.09 Å². The van der Waals surface area contributed by atoms with Crippen molar-refractivity contribution in [3.05, 3.63) is 65.2 Å². The van der Waals surface area contributed by atoms with E-state index in [-0.39, 0.29) is 31.1 Å². The number of rotatable bonds is 7. The maximum atomic E-state index is 12.5. The Morgan fingerprint density at radius 2 is 1.53 bits per heavy atom. The number of aliphatic hydroxyl groups is 1. The van der Waals surface area contributed by atoms with Crippen molar-refractivity contribution in [2.45, 2.75) is 39.0 Å². The molecule has 2 heterocycles. The van der Waals surface area contributed by atoms with Crippen molar-refractivity contribution in [3.8, 4) is 5.75 Å². The molecule has 36 heavy (non-hydrogen) atoms. The van der Waals surface area contributed by atoms with Gasteiger partial charge in [0.2, 0.25) is 0 Å². The zero-order valence-corrected chi connectivity index (χ0v) is 21.0. The number of hydrogen-bond acceptors (Lipinski definition) is 7. The Balaban J connectivity index is 1.20. The highest BCUT2D eigenvalue weighted by molar-refractivity contribution is 6.21. The van der Waals surface area contributed by atoms with Gasteiger partial charge in [-0.2, -0.15) is 0 Å². The second-order valence-electron chi connectivity index (χ2n) is 10.1. The molecule has 0 spiro atoms. The van der Waals surface area contributed by atoms with Gasteiger partial charge in [0.15, 0.2) is 0 Å². The summed E-state index contributed by atoms with van der Waals surface area (Å²) in [5.74, 6) is 0.0202. The predicted octanol–water partition coefficient (Wildman–Crippen LogP) is 2.78. The Kier molecular flexibility index (Phi) is 7.61. The number of piperazine rings is 1. The van der Waals surface area contributed by atoms with Gasteiger partial charge in [-0.1, -0.05) is 24.3 Å². The standard InChI is InChI=1S/C27H33N3O6/c1-27(2,3)36-26(34)29-14-12-28(13-15-29)17-20(31)18-35-21-10-8-19(9-11-21)16-30-24(32)22-6-4-5-7-23(22)25(30)33/h4-11,20,31H,12-18H2,1-3H3. The third kappa shape index (κ3) is 6.22. The first kappa shape index (κ1) is 25.7. The zero-order chi connectivity index (χ0) is 25.9. The molecule has 3 amide bonds. The molecule has 0 aliphatic carbocycles. The largest absolute Gasteiger partial charge is 0.491 e. The summed E-state index contributed by atoms with van der Waals surface area (Å²) in [4.78, 5) is 42.3. The fraction of sp³-hybridized carbons (Fsp3) is 0.444. The normalized spacial score (nSPS) is 17.2. The van der Waals surface area contributed by atoms with Crippen LogP contribution >= 0.6 is 0 Å². The maximum absolute atomic E-state index is 12.5. The minimum Gasteiger partial charge on any atom is -0.491 e. The first-order valence-corrected chi connectivity index (χ1v) is 12.2. The molecule has 2 aliphatic heterocycles. The number of hydrogen-bond donors (Lipinski definition) is 1. The van der Waals surface area contributed by atoms with Crippen molar-refractivity contribution in [1.82, 2.24) is 14.7 Å². The molecular formula is C27H33N3O6. The molecule has 2 aliphatic rings. The Labute approximate surface area is 211 Å². The van der Waals surface area contributed by atoms with Gasteiger partial charge in [-0.25, -0.2) is 4.79 Å². The molecule has 1 saturated heterocycles. The van der Waals surface area contributed by atoms with Gasteiger partial charge in [0.25, 0.3) is 11.8 Å². The second kappa shape index (κ2) is 10.7. The number of carbonyl (C=O) groups excluding carboxylic acids is 3. The summed E-state index contributed by atoms with van der Waals surface area (Å²) in [5.41, 5.74) is 1.15. The summed E-state index contributed by atoms with van der Waals surface area (Å²) in [6.07, 6.45) is -0.992. The highest BCUT2D eigenvalue weighted by Gasteiger charge is 2.35. The van der Waals surface area contributed by atoms with E-state index >= 15 is 0 Å². The summed E-state index contributed by atoms with van der Waals surface area (Å²) in [5, 5.41) is 10.4. The van der Waals surface area contributed by atoms with Crippen LogP contribution in [0.3, 0.4) is 0 Å². The number of β-amino-alcohol motifs (C(OH)–C–C–N with tert-alkyl or cyclic N) is 1. The van der Waals surface area contributed by atoms with E-state index in [1.165, 1.54) is 4.90 Å². The van der Waals surface area contributed by atoms with E-state index < -0.39 is 11.7 Å². The first-order chi connectivity index (χ1) is 17.1. The molecule has 4 rings (SSSR count). The van der Waals surface area contributed by atoms with Crippen LogP contribution in [0.15, 0.2) is 48.5 Å². The molecule has 192 valence electrons. The highest BCUT2D eigenvalue weighted by Crippen LogP contribution is 2.25. The lowest BCUT2D eigenvalue weighted by atomic mass is 10.1. The Hall–Kier alpha value is -3.43. The number of aliphatic hydroxyl groups excluding tert-OH is 1. The maximum Gasteiger partial charge on any atom is 0.410 e. The van der Waals surface area contributed by atoms with E-state index in [4.69, 9.17) is 9.47 Å². The quantitative estimate of drug-likeness (QED) is 0.590. The molecule has 2 aromatic rings. The highest BCUT2D eigenvalue weighted by atomic mass is 16.6. The van der Waals surface area contributed by atoms with Crippen LogP contribution in [0, 0.1) is 0 Å². The smallest absolute Gasteiger partial charge is 0.410 e. The lowest BCUT2D eigenvalue weighted by molar-refractivity contribution is 0.00710. The molecule has 2 aromatic carbocycles. The molecule has 9 nitrogen and oxygen atoms in total. The molecule has 0 radical (unpaired) electrons. The van der Waals surface area contributed by atoms with Crippen molar-refractivity contribution in [3.63, 3.8) is 0 Å². The van der Waals surface area contributed by atoms with E-state index in [1.54, 1.807) is 53.4 Å². The summed E-state index contributed by atoms with van der Waals surface area (Å²) in [6, 6.07) is 14.0. The van der Waals surface area contributed by atoms with Crippen molar-refractivity contribution in [2.24, 2.45) is 0 Å². The van der Waals surface area contributed by atoms with Crippen LogP contribution in [0.2, 0.25) is 0 Å². The summed E-state index contributed by atoms with van der Waals surface area (Å²) < 4.78 is 11.1. The van der Waals surface area contributed by atoms with E-state index in [9.17, 15) is 19.5 Å². The molecule has 1 unspecified atom stereocenters. The Morgan fingerprint density at radius 1 is 0.944 bits per heavy atom. The van der Waals surface area contributed by atoms with E-state index in [2.05, 4.69) is 4.90 Å². The molecule has 0 saturated carbocycles. The van der Waals surface area contributed by atoms with Crippen molar-refractivity contribution in [2.75, 3.05) is 39.3 Å². The summed E-state index contributed by atoms with van der Waals surface area (Å²) in [7, 11) is 0. The minimum absolute atomic E-state index is 0.129. The number of benzene rings is 2. The van der Waals surface area contributed by atoms with E-state index in [0.29, 0.717) is 49.6 Å². The van der Waals surface area contributed by atoms with Gasteiger partial charge in [0.1, 0.15) is 24.1 Å². The third-order valence-corrected chi connectivity index (χ3v) is 6.08. The monoisotopic (exact) mass is 495 g/mol. The first-order valence-electron chi connectivity index (χ1n) is 12.2. The van der Waals surface area contributed by atoms with E-state index in [0.717, 1.165) is 5.56 Å². The van der Waals surface area contributed by atoms with Crippen LogP contribution < -0.4 is 4.74 Å². The molecule has 9 heteroatoms. The fourth-order valence-corrected chi connectivity index (χ4v) is 4.24. The SMILES string of the molecule is CC(C)(C)OC(=O)N1CCN(CC(O)COc2ccc(CN3C(=O)c4ccccc4C3=O)cc2)CC1. The molecule has 0 bridgehead atoms. The van der Waals surface area contributed by atoms with Crippen LogP contribution in [0.25, 0.3) is 0 Å². The number of fused-ring (bicyclic) bond motifs is 1. The summed E-state index contributed by atoms with van der Waals surface area (Å²) in [6.45, 7) is 8.72. The van der Waals surface area contributed by atoms with Crippen molar-refractivity contribution < 1.29 is 29.0 Å². The predicted molar refractivity (Wildman–Crippen MR) is 133 cm³/mol. The van der Waals surface area contributed by atoms with Gasteiger partial charge in [0.05, 0.1) is 17.7 Å². The molecule has 1 N–H and O–H groups in total. The van der Waals surface area contributed by atoms with Gasteiger partial charge in [-0.15, -0.1) is 0 Å². The van der Waals surface area contributed by atoms with Crippen LogP contribution in [-0.4, -0.2) is 88.7 Å². The molecular weight excluding hydrogens is 462 g/mol. The average Bonchev–Trinajstić information content (AvgIpc) is 3.08. The Morgan fingerprint density at radius 3 is 2.08 bits per heavy atom. The molecule has 0 aromatic heterocycles. The lowest BCUT2D eigenvalue weighted by Gasteiger charge is -2.36. The number of carbonyl (C=O) groups is 3. The third-order valence-electron chi connectivity index (χ3n) is 6.08. The van der Waals surface area contributed by atoms with Crippen LogP contribution in [0.1, 0.15) is 47.1 Å². The number of amides is 3. The van der Waals surface area contributed by atoms with E-state index in [1.807, 2.05) is 20.8 Å². The van der Waals surface area contributed by atoms with Gasteiger partial charge in [-0.3, -0.25) is 19.4 Å². The van der Waals surface area contributed by atoms with Crippen molar-refractivity contribution >= 4 is 17.9 Å². The van der Waals surface area contributed by atoms with Crippen LogP contribution in [0.5, 0.6) is 5.75 Å². The minimum atomic E-state index is -0.684. The fourth-order valence-electron chi connectivity index (χ4n) is 4.24. The zero-order valence-electron chi connectivity index (χ0n) is 21.0.